The van der Waals surface area contributed by atoms with E-state index in [0.717, 1.165) is 11.3 Å². The Kier molecular flexibility index (Phi) is 4.29. The number of halogens is 1. The molecule has 146 valence electrons. The Morgan fingerprint density at radius 1 is 1.32 bits per heavy atom. The van der Waals surface area contributed by atoms with E-state index in [9.17, 15) is 8.60 Å². The van der Waals surface area contributed by atoms with Gasteiger partial charge in [0.1, 0.15) is 34.8 Å². The van der Waals surface area contributed by atoms with Gasteiger partial charge in [0.15, 0.2) is 0 Å². The second-order valence-corrected chi connectivity index (χ2v) is 9.59. The molecule has 1 aliphatic heterocycles. The van der Waals surface area contributed by atoms with Crippen LogP contribution in [0.3, 0.4) is 0 Å². The molecule has 28 heavy (non-hydrogen) atoms. The Morgan fingerprint density at radius 2 is 2.07 bits per heavy atom. The Bertz CT molecular complexity index is 1160. The van der Waals surface area contributed by atoms with Crippen LogP contribution in [-0.2, 0) is 24.6 Å². The normalized spacial score (nSPS) is 15.1. The molecule has 4 rings (SSSR count). The fourth-order valence-electron chi connectivity index (χ4n) is 2.95. The van der Waals surface area contributed by atoms with Gasteiger partial charge < -0.3 is 4.74 Å². The molecule has 2 aromatic heterocycles. The SMILES string of the molecule is C/C(=N\[S@](=O)C(C)(C)C)c1cc(F)cc2nc3c(nc12)-c1cn(C)nc1CO3. The summed E-state index contributed by atoms with van der Waals surface area (Å²) >= 11 is 0. The summed E-state index contributed by atoms with van der Waals surface area (Å²) in [6.07, 6.45) is 1.86. The maximum Gasteiger partial charge on any atom is 0.241 e. The van der Waals surface area contributed by atoms with E-state index in [1.165, 1.54) is 12.1 Å². The van der Waals surface area contributed by atoms with E-state index >= 15 is 0 Å². The molecule has 0 fully saturated rings. The van der Waals surface area contributed by atoms with Crippen molar-refractivity contribution in [1.29, 1.82) is 0 Å². The molecule has 1 atom stereocenters. The van der Waals surface area contributed by atoms with Gasteiger partial charge >= 0.3 is 0 Å². The van der Waals surface area contributed by atoms with Crippen molar-refractivity contribution < 1.29 is 13.3 Å². The molecule has 0 N–H and O–H groups in total. The molecular formula is C19H20FN5O2S. The van der Waals surface area contributed by atoms with Gasteiger partial charge in [-0.05, 0) is 33.8 Å². The smallest absolute Gasteiger partial charge is 0.241 e. The van der Waals surface area contributed by atoms with Crippen molar-refractivity contribution in [3.8, 4) is 17.1 Å². The van der Waals surface area contributed by atoms with Gasteiger partial charge in [0.2, 0.25) is 5.88 Å². The molecular weight excluding hydrogens is 381 g/mol. The van der Waals surface area contributed by atoms with Crippen LogP contribution in [0.2, 0.25) is 0 Å². The Balaban J connectivity index is 1.93. The van der Waals surface area contributed by atoms with Crippen molar-refractivity contribution in [1.82, 2.24) is 19.7 Å². The summed E-state index contributed by atoms with van der Waals surface area (Å²) in [5.41, 5.74) is 3.89. The molecule has 0 saturated carbocycles. The fraction of sp³-hybridized carbons (Fsp3) is 0.368. The molecule has 7 nitrogen and oxygen atoms in total. The number of ether oxygens (including phenoxy) is 1. The molecule has 0 amide bonds. The number of aryl methyl sites for hydroxylation is 1. The van der Waals surface area contributed by atoms with Crippen molar-refractivity contribution in [3.63, 3.8) is 0 Å². The molecule has 9 heteroatoms. The van der Waals surface area contributed by atoms with Crippen LogP contribution >= 0.6 is 0 Å². The second kappa shape index (κ2) is 6.44. The van der Waals surface area contributed by atoms with Gasteiger partial charge in [-0.1, -0.05) is 0 Å². The number of nitrogens with zero attached hydrogens (tertiary/aromatic N) is 5. The highest BCUT2D eigenvalue weighted by molar-refractivity contribution is 7.85. The van der Waals surface area contributed by atoms with E-state index in [1.54, 1.807) is 11.6 Å². The molecule has 1 aliphatic rings. The number of hydrogen-bond donors (Lipinski definition) is 0. The highest BCUT2D eigenvalue weighted by atomic mass is 32.2. The first-order valence-corrected chi connectivity index (χ1v) is 9.89. The number of benzene rings is 1. The van der Waals surface area contributed by atoms with E-state index in [1.807, 2.05) is 34.0 Å². The topological polar surface area (TPSA) is 82.3 Å². The monoisotopic (exact) mass is 401 g/mol. The van der Waals surface area contributed by atoms with Crippen molar-refractivity contribution in [3.05, 3.63) is 35.4 Å². The summed E-state index contributed by atoms with van der Waals surface area (Å²) in [5.74, 6) is -0.122. The number of hydrogen-bond acceptors (Lipinski definition) is 5. The van der Waals surface area contributed by atoms with E-state index in [-0.39, 0.29) is 6.61 Å². The first-order chi connectivity index (χ1) is 13.1. The average Bonchev–Trinajstić information content (AvgIpc) is 2.99. The molecule has 0 saturated heterocycles. The van der Waals surface area contributed by atoms with Crippen LogP contribution in [0.15, 0.2) is 22.7 Å². The molecule has 0 radical (unpaired) electrons. The molecule has 0 spiro atoms. The molecule has 3 heterocycles. The van der Waals surface area contributed by atoms with Gasteiger partial charge in [-0.25, -0.2) is 18.6 Å². The maximum absolute atomic E-state index is 14.3. The summed E-state index contributed by atoms with van der Waals surface area (Å²) in [7, 11) is 0.352. The predicted octanol–water partition coefficient (Wildman–Crippen LogP) is 3.33. The van der Waals surface area contributed by atoms with E-state index in [4.69, 9.17) is 9.72 Å². The largest absolute Gasteiger partial charge is 0.469 e. The predicted molar refractivity (Wildman–Crippen MR) is 106 cm³/mol. The van der Waals surface area contributed by atoms with Gasteiger partial charge in [-0.3, -0.25) is 4.68 Å². The molecule has 0 aliphatic carbocycles. The number of rotatable bonds is 2. The van der Waals surface area contributed by atoms with Crippen molar-refractivity contribution in [2.24, 2.45) is 11.4 Å². The minimum atomic E-state index is -1.47. The zero-order chi connectivity index (χ0) is 20.2. The van der Waals surface area contributed by atoms with Crippen LogP contribution in [0.5, 0.6) is 5.88 Å². The lowest BCUT2D eigenvalue weighted by molar-refractivity contribution is 0.284. The lowest BCUT2D eigenvalue weighted by Crippen LogP contribution is -2.20. The third-order valence-electron chi connectivity index (χ3n) is 4.34. The summed E-state index contributed by atoms with van der Waals surface area (Å²) in [6.45, 7) is 7.49. The van der Waals surface area contributed by atoms with E-state index < -0.39 is 21.5 Å². The zero-order valence-electron chi connectivity index (χ0n) is 16.3. The second-order valence-electron chi connectivity index (χ2n) is 7.69. The molecule has 0 unspecified atom stereocenters. The van der Waals surface area contributed by atoms with E-state index in [2.05, 4.69) is 14.5 Å². The zero-order valence-corrected chi connectivity index (χ0v) is 17.1. The third-order valence-corrected chi connectivity index (χ3v) is 5.83. The van der Waals surface area contributed by atoms with Crippen LogP contribution in [0.4, 0.5) is 4.39 Å². The molecule has 1 aromatic carbocycles. The van der Waals surface area contributed by atoms with Crippen LogP contribution in [0.25, 0.3) is 22.3 Å². The summed E-state index contributed by atoms with van der Waals surface area (Å²) < 4.78 is 37.8. The summed E-state index contributed by atoms with van der Waals surface area (Å²) in [4.78, 5) is 9.18. The first-order valence-electron chi connectivity index (χ1n) is 8.78. The minimum absolute atomic E-state index is 0.288. The minimum Gasteiger partial charge on any atom is -0.469 e. The van der Waals surface area contributed by atoms with Crippen LogP contribution in [0.1, 0.15) is 39.0 Å². The van der Waals surface area contributed by atoms with Crippen molar-refractivity contribution in [2.45, 2.75) is 39.0 Å². The van der Waals surface area contributed by atoms with Crippen LogP contribution in [-0.4, -0.2) is 34.4 Å². The van der Waals surface area contributed by atoms with Gasteiger partial charge in [0.25, 0.3) is 0 Å². The van der Waals surface area contributed by atoms with Gasteiger partial charge in [0.05, 0.1) is 27.1 Å². The van der Waals surface area contributed by atoms with Gasteiger partial charge in [-0.2, -0.15) is 9.50 Å². The number of fused-ring (bicyclic) bond motifs is 4. The Labute approximate surface area is 164 Å². The lowest BCUT2D eigenvalue weighted by Gasteiger charge is -2.17. The van der Waals surface area contributed by atoms with E-state index in [0.29, 0.717) is 33.9 Å². The first kappa shape index (κ1) is 18.7. The van der Waals surface area contributed by atoms with Crippen LogP contribution in [0, 0.1) is 5.82 Å². The quantitative estimate of drug-likeness (QED) is 0.615. The fourth-order valence-corrected chi connectivity index (χ4v) is 3.57. The average molecular weight is 401 g/mol. The highest BCUT2D eigenvalue weighted by Crippen LogP contribution is 2.36. The Morgan fingerprint density at radius 3 is 2.79 bits per heavy atom. The van der Waals surface area contributed by atoms with Gasteiger partial charge in [-0.15, -0.1) is 0 Å². The lowest BCUT2D eigenvalue weighted by atomic mass is 10.1. The molecule has 0 bridgehead atoms. The Hall–Kier alpha value is -2.68. The van der Waals surface area contributed by atoms with Crippen LogP contribution < -0.4 is 4.74 Å². The van der Waals surface area contributed by atoms with Crippen molar-refractivity contribution in [2.75, 3.05) is 0 Å². The summed E-state index contributed by atoms with van der Waals surface area (Å²) in [5, 5.41) is 4.37. The molecule has 3 aromatic rings. The highest BCUT2D eigenvalue weighted by Gasteiger charge is 2.25. The standard InChI is InChI=1S/C19H20FN5O2S/c1-10(24-28(26)19(2,3)4)12-6-11(20)7-14-16(12)22-17-13-8-25(5)23-15(13)9-27-18(17)21-14/h6-8H,9H2,1-5H3/b24-10+/t28-/m1/s1. The maximum atomic E-state index is 14.3. The third kappa shape index (κ3) is 3.19. The van der Waals surface area contributed by atoms with Crippen molar-refractivity contribution >= 4 is 27.7 Å². The summed E-state index contributed by atoms with van der Waals surface area (Å²) in [6, 6.07) is 2.65. The number of aromatic nitrogens is 4. The van der Waals surface area contributed by atoms with Gasteiger partial charge in [0, 0.05) is 24.9 Å².